The van der Waals surface area contributed by atoms with Gasteiger partial charge in [-0.3, -0.25) is 9.78 Å². The molecule has 9 heteroatoms. The van der Waals surface area contributed by atoms with Crippen molar-refractivity contribution in [2.24, 2.45) is 0 Å². The van der Waals surface area contributed by atoms with E-state index in [4.69, 9.17) is 5.73 Å². The molecule has 0 atom stereocenters. The lowest BCUT2D eigenvalue weighted by molar-refractivity contribution is 0.102. The van der Waals surface area contributed by atoms with Gasteiger partial charge in [0.05, 0.1) is 22.4 Å². The van der Waals surface area contributed by atoms with Gasteiger partial charge >= 0.3 is 0 Å². The third-order valence-corrected chi connectivity index (χ3v) is 5.71. The highest BCUT2D eigenvalue weighted by Crippen LogP contribution is 2.19. The molecule has 1 amide bonds. The van der Waals surface area contributed by atoms with Crippen LogP contribution < -0.4 is 16.4 Å². The first-order valence-electron chi connectivity index (χ1n) is 11.8. The Labute approximate surface area is 211 Å². The van der Waals surface area contributed by atoms with Crippen molar-refractivity contribution in [2.75, 3.05) is 43.6 Å². The topological polar surface area (TPSA) is 115 Å². The van der Waals surface area contributed by atoms with Crippen molar-refractivity contribution < 1.29 is 4.79 Å². The molecule has 9 nitrogen and oxygen atoms in total. The molecule has 0 aliphatic heterocycles. The molecule has 186 valence electrons. The number of para-hydroxylation sites is 4. The van der Waals surface area contributed by atoms with Crippen LogP contribution in [0.25, 0.3) is 11.0 Å². The van der Waals surface area contributed by atoms with Crippen molar-refractivity contribution in [2.45, 2.75) is 13.0 Å². The van der Waals surface area contributed by atoms with Gasteiger partial charge in [0.2, 0.25) is 5.95 Å². The highest BCUT2D eigenvalue weighted by atomic mass is 16.1. The predicted molar refractivity (Wildman–Crippen MR) is 145 cm³/mol. The minimum atomic E-state index is -0.307. The fourth-order valence-electron chi connectivity index (χ4n) is 3.78. The smallest absolute Gasteiger partial charge is 0.274 e. The number of carbonyl (C=O) groups excluding carboxylic acids is 1. The van der Waals surface area contributed by atoms with Gasteiger partial charge in [0, 0.05) is 19.3 Å². The van der Waals surface area contributed by atoms with E-state index in [1.165, 1.54) is 0 Å². The lowest BCUT2D eigenvalue weighted by Gasteiger charge is -2.27. The van der Waals surface area contributed by atoms with Crippen molar-refractivity contribution in [1.82, 2.24) is 24.8 Å². The van der Waals surface area contributed by atoms with E-state index in [-0.39, 0.29) is 5.91 Å². The van der Waals surface area contributed by atoms with Crippen molar-refractivity contribution in [3.8, 4) is 0 Å². The van der Waals surface area contributed by atoms with Crippen molar-refractivity contribution in [1.29, 1.82) is 0 Å². The second kappa shape index (κ2) is 11.4. The Hall–Kier alpha value is -4.37. The second-order valence-corrected chi connectivity index (χ2v) is 8.85. The number of nitrogens with zero attached hydrogens (tertiary/aromatic N) is 4. The Bertz CT molecular complexity index is 1300. The number of fused-ring (bicyclic) bond motifs is 1. The van der Waals surface area contributed by atoms with Crippen molar-refractivity contribution >= 4 is 34.3 Å². The van der Waals surface area contributed by atoms with Crippen LogP contribution in [0.1, 0.15) is 22.5 Å². The van der Waals surface area contributed by atoms with E-state index < -0.39 is 0 Å². The van der Waals surface area contributed by atoms with E-state index in [0.29, 0.717) is 29.6 Å². The quantitative estimate of drug-likeness (QED) is 0.237. The molecular weight excluding hydrogens is 452 g/mol. The number of rotatable bonds is 11. The molecule has 4 aromatic rings. The number of hydrogen-bond acceptors (Lipinski definition) is 7. The average Bonchev–Trinajstić information content (AvgIpc) is 3.27. The van der Waals surface area contributed by atoms with Crippen molar-refractivity contribution in [3.63, 3.8) is 0 Å². The zero-order valence-corrected chi connectivity index (χ0v) is 20.7. The first-order valence-corrected chi connectivity index (χ1v) is 11.8. The third kappa shape index (κ3) is 6.39. The Balaban J connectivity index is 1.43. The maximum Gasteiger partial charge on any atom is 0.274 e. The number of imidazole rings is 1. The molecular formula is C27H32N8O. The number of benzene rings is 2. The number of nitrogens with two attached hydrogens (primary N) is 1. The SMILES string of the molecule is C=C(Nc1nc2ccccc2[nH]1)N(CCCN(C)C)Cc1ccc(C(=O)Nc2ccccc2N)nc1. The largest absolute Gasteiger partial charge is 0.397 e. The molecule has 36 heavy (non-hydrogen) atoms. The molecule has 0 aliphatic carbocycles. The fraction of sp³-hybridized carbons (Fsp3) is 0.222. The lowest BCUT2D eigenvalue weighted by atomic mass is 10.2. The maximum atomic E-state index is 12.6. The van der Waals surface area contributed by atoms with Gasteiger partial charge in [-0.05, 0) is 63.0 Å². The average molecular weight is 485 g/mol. The summed E-state index contributed by atoms with van der Waals surface area (Å²) in [7, 11) is 4.12. The number of carbonyl (C=O) groups is 1. The van der Waals surface area contributed by atoms with Crippen LogP contribution in [-0.2, 0) is 6.54 Å². The van der Waals surface area contributed by atoms with Gasteiger partial charge in [0.1, 0.15) is 11.5 Å². The summed E-state index contributed by atoms with van der Waals surface area (Å²) >= 11 is 0. The fourth-order valence-corrected chi connectivity index (χ4v) is 3.78. The zero-order chi connectivity index (χ0) is 25.5. The highest BCUT2D eigenvalue weighted by molar-refractivity contribution is 6.04. The third-order valence-electron chi connectivity index (χ3n) is 5.71. The van der Waals surface area contributed by atoms with Crippen LogP contribution >= 0.6 is 0 Å². The molecule has 2 aromatic heterocycles. The van der Waals surface area contributed by atoms with E-state index in [0.717, 1.165) is 41.9 Å². The van der Waals surface area contributed by atoms with Crippen LogP contribution in [0.15, 0.2) is 79.3 Å². The number of nitrogens with one attached hydrogen (secondary N) is 3. The number of amides is 1. The zero-order valence-electron chi connectivity index (χ0n) is 20.7. The number of pyridine rings is 1. The molecule has 0 fully saturated rings. The van der Waals surface area contributed by atoms with Gasteiger partial charge in [-0.2, -0.15) is 0 Å². The molecule has 0 saturated carbocycles. The van der Waals surface area contributed by atoms with Gasteiger partial charge in [0.15, 0.2) is 0 Å². The van der Waals surface area contributed by atoms with Gasteiger partial charge in [-0.25, -0.2) is 4.98 Å². The molecule has 2 aromatic carbocycles. The molecule has 0 saturated heterocycles. The molecule has 0 spiro atoms. The molecule has 0 radical (unpaired) electrons. The summed E-state index contributed by atoms with van der Waals surface area (Å²) in [6, 6.07) is 18.6. The normalized spacial score (nSPS) is 11.0. The van der Waals surface area contributed by atoms with Crippen LogP contribution in [-0.4, -0.2) is 57.8 Å². The van der Waals surface area contributed by atoms with Crippen LogP contribution in [0.2, 0.25) is 0 Å². The van der Waals surface area contributed by atoms with E-state index in [2.05, 4.69) is 56.1 Å². The summed E-state index contributed by atoms with van der Waals surface area (Å²) in [4.78, 5) is 29.2. The van der Waals surface area contributed by atoms with E-state index in [1.807, 2.05) is 42.5 Å². The summed E-state index contributed by atoms with van der Waals surface area (Å²) < 4.78 is 0. The number of nitrogen functional groups attached to an aromatic ring is 1. The monoisotopic (exact) mass is 484 g/mol. The summed E-state index contributed by atoms with van der Waals surface area (Å²) in [6.45, 7) is 6.59. The molecule has 5 N–H and O–H groups in total. The van der Waals surface area contributed by atoms with Gasteiger partial charge in [-0.1, -0.05) is 36.9 Å². The van der Waals surface area contributed by atoms with Crippen LogP contribution in [0.3, 0.4) is 0 Å². The first kappa shape index (κ1) is 24.7. The van der Waals surface area contributed by atoms with E-state index >= 15 is 0 Å². The number of H-pyrrole nitrogens is 1. The lowest BCUT2D eigenvalue weighted by Crippen LogP contribution is -2.29. The maximum absolute atomic E-state index is 12.6. The van der Waals surface area contributed by atoms with Gasteiger partial charge < -0.3 is 31.2 Å². The van der Waals surface area contributed by atoms with E-state index in [1.54, 1.807) is 24.4 Å². The number of aromatic amines is 1. The predicted octanol–water partition coefficient (Wildman–Crippen LogP) is 4.13. The summed E-state index contributed by atoms with van der Waals surface area (Å²) in [5.41, 5.74) is 10.1. The van der Waals surface area contributed by atoms with Gasteiger partial charge in [0.25, 0.3) is 5.91 Å². The number of aromatic nitrogens is 3. The van der Waals surface area contributed by atoms with Crippen molar-refractivity contribution in [3.05, 3.63) is 90.5 Å². The Morgan fingerprint density at radius 2 is 1.81 bits per heavy atom. The van der Waals surface area contributed by atoms with Gasteiger partial charge in [-0.15, -0.1) is 0 Å². The summed E-state index contributed by atoms with van der Waals surface area (Å²) in [5, 5.41) is 6.11. The van der Waals surface area contributed by atoms with Crippen LogP contribution in [0.5, 0.6) is 0 Å². The Morgan fingerprint density at radius 3 is 2.53 bits per heavy atom. The summed E-state index contributed by atoms with van der Waals surface area (Å²) in [6.07, 6.45) is 2.68. The highest BCUT2D eigenvalue weighted by Gasteiger charge is 2.14. The number of anilines is 3. The van der Waals surface area contributed by atoms with Crippen LogP contribution in [0, 0.1) is 0 Å². The second-order valence-electron chi connectivity index (χ2n) is 8.85. The standard InChI is InChI=1S/C27H32N8O/c1-19(30-27-32-23-11-6-7-12-24(23)33-27)35(16-8-15-34(2)3)18-20-13-14-25(29-17-20)26(36)31-22-10-5-4-9-21(22)28/h4-7,9-14,17H,1,8,15-16,18,28H2,2-3H3,(H,31,36)(H2,30,32,33). The summed E-state index contributed by atoms with van der Waals surface area (Å²) in [5.74, 6) is 1.07. The van der Waals surface area contributed by atoms with E-state index in [9.17, 15) is 4.79 Å². The number of hydrogen-bond donors (Lipinski definition) is 4. The molecule has 0 unspecified atom stereocenters. The minimum Gasteiger partial charge on any atom is -0.397 e. The molecule has 2 heterocycles. The Kier molecular flexibility index (Phi) is 7.82. The molecule has 4 rings (SSSR count). The molecule has 0 bridgehead atoms. The molecule has 0 aliphatic rings. The first-order chi connectivity index (χ1) is 17.4. The Morgan fingerprint density at radius 1 is 1.03 bits per heavy atom. The van der Waals surface area contributed by atoms with Crippen LogP contribution in [0.4, 0.5) is 17.3 Å². The minimum absolute atomic E-state index is 0.307.